The molecule has 1 N–H and O–H groups in total. The maximum atomic E-state index is 11.9. The fourth-order valence-corrected chi connectivity index (χ4v) is 3.82. The summed E-state index contributed by atoms with van der Waals surface area (Å²) in [6, 6.07) is 17.5. The van der Waals surface area contributed by atoms with Crippen molar-refractivity contribution >= 4 is 22.6 Å². The smallest absolute Gasteiger partial charge is 0.336 e. The first-order valence-electron chi connectivity index (χ1n) is 9.61. The first-order chi connectivity index (χ1) is 14.0. The average molecular weight is 387 g/mol. The third-order valence-corrected chi connectivity index (χ3v) is 5.23. The number of carboxylic acid groups (broad SMARTS) is 1. The van der Waals surface area contributed by atoms with E-state index in [-0.39, 0.29) is 11.0 Å². The number of carboxylic acids is 1. The molecular formula is C24H21NO4. The Morgan fingerprint density at radius 2 is 1.72 bits per heavy atom. The number of hydrogen-bond donors (Lipinski definition) is 1. The minimum atomic E-state index is -0.997. The Morgan fingerprint density at radius 3 is 2.45 bits per heavy atom. The molecule has 146 valence electrons. The Morgan fingerprint density at radius 1 is 0.966 bits per heavy atom. The quantitative estimate of drug-likeness (QED) is 0.482. The topological polar surface area (TPSA) is 70.8 Å². The highest BCUT2D eigenvalue weighted by atomic mass is 16.4. The maximum absolute atomic E-state index is 11.9. The lowest BCUT2D eigenvalue weighted by Crippen LogP contribution is -2.21. The summed E-state index contributed by atoms with van der Waals surface area (Å²) in [6.45, 7) is 5.89. The largest absolute Gasteiger partial charge is 0.478 e. The lowest BCUT2D eigenvalue weighted by molar-refractivity contribution is 0.0697. The fourth-order valence-electron chi connectivity index (χ4n) is 3.82. The van der Waals surface area contributed by atoms with E-state index < -0.39 is 5.97 Å². The minimum absolute atomic E-state index is 0.155. The predicted molar refractivity (Wildman–Crippen MR) is 115 cm³/mol. The van der Waals surface area contributed by atoms with E-state index in [4.69, 9.17) is 4.42 Å². The lowest BCUT2D eigenvalue weighted by atomic mass is 9.90. The molecule has 0 spiro atoms. The molecule has 1 aliphatic heterocycles. The van der Waals surface area contributed by atoms with Crippen molar-refractivity contribution in [3.8, 4) is 22.5 Å². The van der Waals surface area contributed by atoms with Gasteiger partial charge in [0, 0.05) is 47.4 Å². The molecule has 0 atom stereocenters. The molecule has 1 aliphatic carbocycles. The highest BCUT2D eigenvalue weighted by Crippen LogP contribution is 2.41. The molecule has 0 bridgehead atoms. The summed E-state index contributed by atoms with van der Waals surface area (Å²) in [6.07, 6.45) is 0. The maximum Gasteiger partial charge on any atom is 0.336 e. The van der Waals surface area contributed by atoms with Crippen LogP contribution in [0.2, 0.25) is 0 Å². The summed E-state index contributed by atoms with van der Waals surface area (Å²) in [7, 11) is 0. The van der Waals surface area contributed by atoms with Gasteiger partial charge in [-0.3, -0.25) is 4.79 Å². The van der Waals surface area contributed by atoms with Gasteiger partial charge in [-0.15, -0.1) is 0 Å². The van der Waals surface area contributed by atoms with Crippen LogP contribution in [0.3, 0.4) is 0 Å². The van der Waals surface area contributed by atoms with Crippen LogP contribution < -0.4 is 10.3 Å². The Hall–Kier alpha value is -3.60. The number of benzene rings is 3. The number of rotatable bonds is 5. The molecule has 0 radical (unpaired) electrons. The highest BCUT2D eigenvalue weighted by Gasteiger charge is 2.21. The van der Waals surface area contributed by atoms with Crippen LogP contribution in [0, 0.1) is 0 Å². The molecule has 4 rings (SSSR count). The number of fused-ring (bicyclic) bond motifs is 2. The normalized spacial score (nSPS) is 11.1. The zero-order chi connectivity index (χ0) is 20.5. The summed E-state index contributed by atoms with van der Waals surface area (Å²) in [5.74, 6) is -0.556. The van der Waals surface area contributed by atoms with Crippen LogP contribution in [0.4, 0.5) is 5.69 Å². The Labute approximate surface area is 168 Å². The number of nitrogens with zero attached hydrogens (tertiary/aromatic N) is 1. The molecule has 0 saturated heterocycles. The molecule has 2 aromatic carbocycles. The van der Waals surface area contributed by atoms with Gasteiger partial charge in [0.2, 0.25) is 0 Å². The van der Waals surface area contributed by atoms with Gasteiger partial charge in [0.05, 0.1) is 5.56 Å². The SMILES string of the molecule is CCN(CC)c1ccc2c(-c3ccccc3C(=O)O)c3ccc(=O)cc-3oc2c1. The van der Waals surface area contributed by atoms with E-state index in [2.05, 4.69) is 18.7 Å². The van der Waals surface area contributed by atoms with Crippen molar-refractivity contribution in [2.45, 2.75) is 13.8 Å². The lowest BCUT2D eigenvalue weighted by Gasteiger charge is -2.22. The molecule has 0 amide bonds. The van der Waals surface area contributed by atoms with Crippen molar-refractivity contribution in [2.24, 2.45) is 0 Å². The van der Waals surface area contributed by atoms with Gasteiger partial charge in [-0.05, 0) is 49.7 Å². The van der Waals surface area contributed by atoms with E-state index >= 15 is 0 Å². The summed E-state index contributed by atoms with van der Waals surface area (Å²) in [4.78, 5) is 26.0. The Bertz CT molecular complexity index is 1240. The second kappa shape index (κ2) is 7.43. The Kier molecular flexibility index (Phi) is 4.80. The van der Waals surface area contributed by atoms with Gasteiger partial charge < -0.3 is 14.4 Å². The van der Waals surface area contributed by atoms with E-state index in [1.165, 1.54) is 12.1 Å². The zero-order valence-corrected chi connectivity index (χ0v) is 16.3. The first-order valence-corrected chi connectivity index (χ1v) is 9.61. The molecule has 0 aromatic heterocycles. The van der Waals surface area contributed by atoms with Gasteiger partial charge in [0.15, 0.2) is 5.43 Å². The molecule has 0 saturated carbocycles. The molecular weight excluding hydrogens is 366 g/mol. The van der Waals surface area contributed by atoms with Crippen molar-refractivity contribution in [1.82, 2.24) is 0 Å². The monoisotopic (exact) mass is 387 g/mol. The van der Waals surface area contributed by atoms with Crippen molar-refractivity contribution in [1.29, 1.82) is 0 Å². The van der Waals surface area contributed by atoms with E-state index in [9.17, 15) is 14.7 Å². The molecule has 5 heteroatoms. The summed E-state index contributed by atoms with van der Waals surface area (Å²) in [5.41, 5.74) is 3.74. The molecule has 1 heterocycles. The van der Waals surface area contributed by atoms with Gasteiger partial charge in [0.1, 0.15) is 11.3 Å². The van der Waals surface area contributed by atoms with E-state index in [0.29, 0.717) is 22.5 Å². The molecule has 0 unspecified atom stereocenters. The van der Waals surface area contributed by atoms with Gasteiger partial charge >= 0.3 is 5.97 Å². The molecule has 29 heavy (non-hydrogen) atoms. The van der Waals surface area contributed by atoms with Crippen molar-refractivity contribution in [3.63, 3.8) is 0 Å². The predicted octanol–water partition coefficient (Wildman–Crippen LogP) is 5.11. The summed E-state index contributed by atoms with van der Waals surface area (Å²) in [5, 5.41) is 10.5. The van der Waals surface area contributed by atoms with Crippen LogP contribution in [0.5, 0.6) is 0 Å². The molecule has 2 aliphatic rings. The highest BCUT2D eigenvalue weighted by molar-refractivity contribution is 6.07. The van der Waals surface area contributed by atoms with Gasteiger partial charge in [0.25, 0.3) is 0 Å². The number of hydrogen-bond acceptors (Lipinski definition) is 4. The molecule has 5 nitrogen and oxygen atoms in total. The third-order valence-electron chi connectivity index (χ3n) is 5.23. The van der Waals surface area contributed by atoms with Crippen LogP contribution >= 0.6 is 0 Å². The van der Waals surface area contributed by atoms with E-state index in [1.54, 1.807) is 24.3 Å². The third kappa shape index (κ3) is 3.25. The van der Waals surface area contributed by atoms with E-state index in [1.807, 2.05) is 24.3 Å². The zero-order valence-electron chi connectivity index (χ0n) is 16.3. The van der Waals surface area contributed by atoms with Gasteiger partial charge in [-0.2, -0.15) is 0 Å². The fraction of sp³-hybridized carbons (Fsp3) is 0.167. The second-order valence-corrected chi connectivity index (χ2v) is 6.84. The van der Waals surface area contributed by atoms with Crippen LogP contribution in [0.15, 0.2) is 69.9 Å². The standard InChI is InChI=1S/C24H21NO4/c1-3-25(4-2)15-9-11-19-21(13-15)29-22-14-16(26)10-12-20(22)23(19)17-7-5-6-8-18(17)24(27)28/h5-14H,3-4H2,1-2H3,(H,27,28). The van der Waals surface area contributed by atoms with Gasteiger partial charge in [-0.1, -0.05) is 18.2 Å². The van der Waals surface area contributed by atoms with Crippen LogP contribution in [0.1, 0.15) is 24.2 Å². The molecule has 0 fully saturated rings. The van der Waals surface area contributed by atoms with Crippen LogP contribution in [-0.2, 0) is 0 Å². The Balaban J connectivity index is 2.12. The molecule has 2 aromatic rings. The summed E-state index contributed by atoms with van der Waals surface area (Å²) >= 11 is 0. The minimum Gasteiger partial charge on any atom is -0.478 e. The second-order valence-electron chi connectivity index (χ2n) is 6.84. The van der Waals surface area contributed by atoms with E-state index in [0.717, 1.165) is 29.7 Å². The van der Waals surface area contributed by atoms with Gasteiger partial charge in [-0.25, -0.2) is 4.79 Å². The first kappa shape index (κ1) is 18.7. The van der Waals surface area contributed by atoms with Crippen molar-refractivity contribution in [2.75, 3.05) is 18.0 Å². The van der Waals surface area contributed by atoms with Crippen molar-refractivity contribution < 1.29 is 14.3 Å². The number of aromatic carboxylic acids is 1. The average Bonchev–Trinajstić information content (AvgIpc) is 2.72. The van der Waals surface area contributed by atoms with Crippen LogP contribution in [0.25, 0.3) is 33.4 Å². The summed E-state index contributed by atoms with van der Waals surface area (Å²) < 4.78 is 6.10. The van der Waals surface area contributed by atoms with Crippen molar-refractivity contribution in [3.05, 3.63) is 76.5 Å². The van der Waals surface area contributed by atoms with Crippen LogP contribution in [-0.4, -0.2) is 24.2 Å². The number of carbonyl (C=O) groups is 1. The number of anilines is 1.